The van der Waals surface area contributed by atoms with Crippen molar-refractivity contribution in [3.05, 3.63) is 124 Å². The molecule has 6 rings (SSSR count). The zero-order valence-electron chi connectivity index (χ0n) is 29.9. The monoisotopic (exact) mass is 753 g/mol. The number of phenols is 1. The Hall–Kier alpha value is -5.77. The van der Waals surface area contributed by atoms with Crippen LogP contribution < -0.4 is 21.2 Å². The van der Waals surface area contributed by atoms with E-state index < -0.39 is 53.3 Å². The second-order valence-electron chi connectivity index (χ2n) is 13.8. The summed E-state index contributed by atoms with van der Waals surface area (Å²) in [5.41, 5.74) is 4.76. The molecule has 9 N–H and O–H groups in total. The van der Waals surface area contributed by atoms with E-state index >= 15 is 0 Å². The quantitative estimate of drug-likeness (QED) is 0.0768. The van der Waals surface area contributed by atoms with Gasteiger partial charge in [0, 0.05) is 25.0 Å². The third-order valence-electron chi connectivity index (χ3n) is 9.95. The molecular weight excluding hydrogens is 710 g/mol. The van der Waals surface area contributed by atoms with Gasteiger partial charge in [-0.3, -0.25) is 9.59 Å². The summed E-state index contributed by atoms with van der Waals surface area (Å²) in [6.07, 6.45) is 1.45. The highest BCUT2D eigenvalue weighted by Crippen LogP contribution is 2.34. The molecule has 1 fully saturated rings. The second kappa shape index (κ2) is 16.7. The van der Waals surface area contributed by atoms with Crippen LogP contribution in [0, 0.1) is 11.8 Å². The van der Waals surface area contributed by atoms with Gasteiger partial charge in [0.15, 0.2) is 11.7 Å². The standard InChI is InChI=1S/C41H43N3O11/c1-23(6-5-9-24-7-3-2-4-8-24)27(18-25-16-17-43-20-25)21-44-22-41(52)37(48)34(47)36(39(50)51)55-40(41)53-29-14-15-30-31(19-29)54-35(38(42)49)32(33(30)46)26-10-12-28(45)13-11-26/h2-5,7-17,19-20,23,27,34,36-37,40,43-45,47-48,52H,6,18,21-22H2,1H3,(H2,42,49)(H,50,51). The first kappa shape index (κ1) is 38.9. The fourth-order valence-corrected chi connectivity index (χ4v) is 6.78. The molecule has 1 aliphatic heterocycles. The highest BCUT2D eigenvalue weighted by molar-refractivity contribution is 5.99. The number of H-pyrrole nitrogens is 1. The van der Waals surface area contributed by atoms with Gasteiger partial charge in [0.05, 0.1) is 10.9 Å². The summed E-state index contributed by atoms with van der Waals surface area (Å²) in [5, 5.41) is 56.7. The minimum absolute atomic E-state index is 0.0296. The van der Waals surface area contributed by atoms with Crippen LogP contribution in [0.3, 0.4) is 0 Å². The lowest BCUT2D eigenvalue weighted by molar-refractivity contribution is -0.311. The first-order valence-electron chi connectivity index (χ1n) is 17.7. The molecule has 1 amide bonds. The van der Waals surface area contributed by atoms with Gasteiger partial charge in [-0.05, 0) is 78.2 Å². The number of rotatable bonds is 15. The molecule has 0 radical (unpaired) electrons. The lowest BCUT2D eigenvalue weighted by Crippen LogP contribution is -2.71. The third kappa shape index (κ3) is 8.64. The Bertz CT molecular complexity index is 2190. The van der Waals surface area contributed by atoms with Crippen LogP contribution in [0.15, 0.2) is 107 Å². The van der Waals surface area contributed by atoms with E-state index in [0.29, 0.717) is 13.0 Å². The molecule has 5 aromatic rings. The molecular formula is C41H43N3O11. The number of hydrogen-bond donors (Lipinski definition) is 8. The van der Waals surface area contributed by atoms with E-state index in [0.717, 1.165) is 17.5 Å². The number of fused-ring (bicyclic) bond motifs is 1. The van der Waals surface area contributed by atoms with E-state index in [1.807, 2.05) is 48.8 Å². The molecule has 1 aliphatic rings. The van der Waals surface area contributed by atoms with Crippen molar-refractivity contribution in [3.63, 3.8) is 0 Å². The number of carboxylic acid groups (broad SMARTS) is 1. The molecule has 0 aliphatic carbocycles. The van der Waals surface area contributed by atoms with Gasteiger partial charge in [-0.2, -0.15) is 0 Å². The van der Waals surface area contributed by atoms with Gasteiger partial charge in [-0.1, -0.05) is 61.5 Å². The van der Waals surface area contributed by atoms with Crippen LogP contribution in [0.4, 0.5) is 0 Å². The number of aliphatic hydroxyl groups excluding tert-OH is 2. The average Bonchev–Trinajstić information content (AvgIpc) is 3.68. The van der Waals surface area contributed by atoms with Gasteiger partial charge < -0.3 is 55.5 Å². The van der Waals surface area contributed by atoms with Crippen molar-refractivity contribution in [1.82, 2.24) is 10.3 Å². The Morgan fingerprint density at radius 2 is 1.82 bits per heavy atom. The Labute approximate surface area is 315 Å². The smallest absolute Gasteiger partial charge is 0.335 e. The highest BCUT2D eigenvalue weighted by atomic mass is 16.7. The van der Waals surface area contributed by atoms with E-state index in [-0.39, 0.29) is 52.0 Å². The Kier molecular flexibility index (Phi) is 11.8. The summed E-state index contributed by atoms with van der Waals surface area (Å²) < 4.78 is 17.3. The van der Waals surface area contributed by atoms with Crippen LogP contribution in [0.25, 0.3) is 28.2 Å². The van der Waals surface area contributed by atoms with E-state index in [1.165, 1.54) is 42.5 Å². The number of ether oxygens (including phenoxy) is 2. The van der Waals surface area contributed by atoms with Gasteiger partial charge in [0.25, 0.3) is 5.91 Å². The topological polar surface area (TPSA) is 238 Å². The summed E-state index contributed by atoms with van der Waals surface area (Å²) in [6, 6.07) is 21.3. The van der Waals surface area contributed by atoms with Crippen molar-refractivity contribution in [1.29, 1.82) is 0 Å². The number of aliphatic carboxylic acids is 1. The lowest BCUT2D eigenvalue weighted by atomic mass is 9.84. The molecule has 55 heavy (non-hydrogen) atoms. The van der Waals surface area contributed by atoms with E-state index in [1.54, 1.807) is 0 Å². The summed E-state index contributed by atoms with van der Waals surface area (Å²) in [5.74, 6) is -3.06. The molecule has 0 saturated carbocycles. The number of phenolic OH excluding ortho intramolecular Hbond substituents is 1. The van der Waals surface area contributed by atoms with Crippen molar-refractivity contribution < 1.29 is 49.0 Å². The zero-order valence-corrected chi connectivity index (χ0v) is 29.9. The fourth-order valence-electron chi connectivity index (χ4n) is 6.78. The van der Waals surface area contributed by atoms with Gasteiger partial charge in [-0.25, -0.2) is 4.79 Å². The van der Waals surface area contributed by atoms with Crippen molar-refractivity contribution >= 4 is 28.9 Å². The van der Waals surface area contributed by atoms with Crippen molar-refractivity contribution in [2.75, 3.05) is 13.1 Å². The molecule has 3 aromatic carbocycles. The van der Waals surface area contributed by atoms with Crippen molar-refractivity contribution in [2.45, 2.75) is 50.0 Å². The number of aromatic nitrogens is 1. The predicted octanol–water partition coefficient (Wildman–Crippen LogP) is 3.42. The SMILES string of the molecule is CC(CC=Cc1ccccc1)C(CNCC1(O)C(Oc2ccc3c(=O)c(-c4ccc(O)cc4)c(C(N)=O)oc3c2)OC(C(=O)O)C(O)C1O)Cc1cc[nH]c1. The average molecular weight is 754 g/mol. The van der Waals surface area contributed by atoms with Crippen LogP contribution >= 0.6 is 0 Å². The fraction of sp³-hybridized carbons (Fsp3) is 0.293. The van der Waals surface area contributed by atoms with Crippen LogP contribution in [-0.4, -0.2) is 85.7 Å². The normalized spacial score (nSPS) is 22.4. The minimum Gasteiger partial charge on any atom is -0.508 e. The van der Waals surface area contributed by atoms with E-state index in [2.05, 4.69) is 29.4 Å². The number of amides is 1. The summed E-state index contributed by atoms with van der Waals surface area (Å²) >= 11 is 0. The maximum Gasteiger partial charge on any atom is 0.335 e. The van der Waals surface area contributed by atoms with Gasteiger partial charge >= 0.3 is 5.97 Å². The molecule has 14 nitrogen and oxygen atoms in total. The number of nitrogens with two attached hydrogens (primary N) is 1. The number of allylic oxidation sites excluding steroid dienone is 1. The Morgan fingerprint density at radius 3 is 2.49 bits per heavy atom. The third-order valence-corrected chi connectivity index (χ3v) is 9.95. The lowest BCUT2D eigenvalue weighted by Gasteiger charge is -2.47. The zero-order chi connectivity index (χ0) is 39.3. The molecule has 0 spiro atoms. The first-order chi connectivity index (χ1) is 26.4. The number of nitrogens with one attached hydrogen (secondary N) is 2. The number of hydrogen-bond acceptors (Lipinski definition) is 11. The first-order valence-corrected chi connectivity index (χ1v) is 17.7. The molecule has 0 bridgehead atoms. The number of aromatic hydroxyl groups is 1. The largest absolute Gasteiger partial charge is 0.508 e. The maximum absolute atomic E-state index is 13.6. The minimum atomic E-state index is -2.39. The summed E-state index contributed by atoms with van der Waals surface area (Å²) in [7, 11) is 0. The number of carbonyl (C=O) groups excluding carboxylic acids is 1. The second-order valence-corrected chi connectivity index (χ2v) is 13.8. The molecule has 7 atom stereocenters. The molecule has 14 heteroatoms. The summed E-state index contributed by atoms with van der Waals surface area (Å²) in [4.78, 5) is 41.2. The van der Waals surface area contributed by atoms with Gasteiger partial charge in [0.1, 0.15) is 29.3 Å². The summed E-state index contributed by atoms with van der Waals surface area (Å²) in [6.45, 7) is 2.08. The van der Waals surface area contributed by atoms with Gasteiger partial charge in [0.2, 0.25) is 17.5 Å². The number of aliphatic hydroxyl groups is 3. The number of carbonyl (C=O) groups is 2. The van der Waals surface area contributed by atoms with E-state index in [4.69, 9.17) is 19.6 Å². The number of benzene rings is 3. The van der Waals surface area contributed by atoms with Crippen LogP contribution in [0.2, 0.25) is 0 Å². The number of primary amides is 1. The van der Waals surface area contributed by atoms with Gasteiger partial charge in [-0.15, -0.1) is 0 Å². The van der Waals surface area contributed by atoms with Crippen LogP contribution in [-0.2, 0) is 16.0 Å². The van der Waals surface area contributed by atoms with Crippen molar-refractivity contribution in [2.24, 2.45) is 17.6 Å². The predicted molar refractivity (Wildman–Crippen MR) is 202 cm³/mol. The molecule has 7 unspecified atom stereocenters. The Balaban J connectivity index is 1.25. The van der Waals surface area contributed by atoms with Crippen LogP contribution in [0.5, 0.6) is 11.5 Å². The molecule has 288 valence electrons. The molecule has 2 aromatic heterocycles. The van der Waals surface area contributed by atoms with Crippen molar-refractivity contribution in [3.8, 4) is 22.6 Å². The maximum atomic E-state index is 13.6. The molecule has 3 heterocycles. The van der Waals surface area contributed by atoms with Crippen LogP contribution in [0.1, 0.15) is 35.0 Å². The molecule has 1 saturated heterocycles. The number of carboxylic acids is 1. The van der Waals surface area contributed by atoms with E-state index in [9.17, 15) is 39.9 Å². The highest BCUT2D eigenvalue weighted by Gasteiger charge is 2.58. The number of aromatic amines is 1. The Morgan fingerprint density at radius 1 is 1.07 bits per heavy atom.